The fourth-order valence-corrected chi connectivity index (χ4v) is 2.51. The second kappa shape index (κ2) is 5.11. The zero-order valence-electron chi connectivity index (χ0n) is 10.6. The first-order chi connectivity index (χ1) is 6.96. The van der Waals surface area contributed by atoms with E-state index in [0.717, 1.165) is 0 Å². The predicted octanol–water partition coefficient (Wildman–Crippen LogP) is 2.77. The number of hydrogen-bond acceptors (Lipinski definition) is 2. The first-order valence-corrected chi connectivity index (χ1v) is 6.18. The molecule has 1 aliphatic carbocycles. The van der Waals surface area contributed by atoms with Gasteiger partial charge in [-0.1, -0.05) is 40.0 Å². The van der Waals surface area contributed by atoms with E-state index < -0.39 is 0 Å². The molecule has 1 fully saturated rings. The number of carbonyl (C=O) groups is 1. The molecule has 1 atom stereocenters. The molecule has 0 amide bonds. The van der Waals surface area contributed by atoms with Gasteiger partial charge >= 0.3 is 0 Å². The Labute approximate surface area is 93.8 Å². The van der Waals surface area contributed by atoms with E-state index in [1.165, 1.54) is 32.1 Å². The largest absolute Gasteiger partial charge is 0.310 e. The lowest BCUT2D eigenvalue weighted by atomic mass is 9.76. The molecule has 1 aliphatic rings. The Kier molecular flexibility index (Phi) is 4.32. The minimum Gasteiger partial charge on any atom is -0.310 e. The Morgan fingerprint density at radius 3 is 2.13 bits per heavy atom. The number of hydrogen-bond donors (Lipinski definition) is 1. The van der Waals surface area contributed by atoms with E-state index in [1.54, 1.807) is 0 Å². The molecule has 0 aliphatic heterocycles. The minimum absolute atomic E-state index is 0.0744. The number of ketones is 1. The van der Waals surface area contributed by atoms with Crippen LogP contribution in [-0.4, -0.2) is 18.9 Å². The fourth-order valence-electron chi connectivity index (χ4n) is 2.51. The quantitative estimate of drug-likeness (QED) is 0.777. The molecule has 0 aromatic carbocycles. The average Bonchev–Trinajstić information content (AvgIpc) is 2.19. The Hall–Kier alpha value is -0.370. The lowest BCUT2D eigenvalue weighted by molar-refractivity contribution is -0.130. The maximum atomic E-state index is 12.2. The van der Waals surface area contributed by atoms with Crippen molar-refractivity contribution in [1.29, 1.82) is 0 Å². The van der Waals surface area contributed by atoms with Gasteiger partial charge in [0.1, 0.15) is 0 Å². The minimum atomic E-state index is -0.217. The highest BCUT2D eigenvalue weighted by molar-refractivity contribution is 5.89. The van der Waals surface area contributed by atoms with Gasteiger partial charge in [0.2, 0.25) is 0 Å². The van der Waals surface area contributed by atoms with E-state index in [0.29, 0.717) is 11.7 Å². The number of nitrogens with one attached hydrogen (secondary N) is 1. The van der Waals surface area contributed by atoms with Gasteiger partial charge in [-0.3, -0.25) is 4.79 Å². The van der Waals surface area contributed by atoms with Crippen molar-refractivity contribution in [3.63, 3.8) is 0 Å². The molecule has 0 aromatic heterocycles. The van der Waals surface area contributed by atoms with Crippen LogP contribution in [0.5, 0.6) is 0 Å². The van der Waals surface area contributed by atoms with Gasteiger partial charge in [-0.2, -0.15) is 0 Å². The highest BCUT2D eigenvalue weighted by atomic mass is 16.1. The molecule has 0 radical (unpaired) electrons. The van der Waals surface area contributed by atoms with Crippen LogP contribution in [0.25, 0.3) is 0 Å². The van der Waals surface area contributed by atoms with Crippen LogP contribution >= 0.6 is 0 Å². The Morgan fingerprint density at radius 2 is 1.73 bits per heavy atom. The summed E-state index contributed by atoms with van der Waals surface area (Å²) < 4.78 is 0. The predicted molar refractivity (Wildman–Crippen MR) is 63.9 cm³/mol. The van der Waals surface area contributed by atoms with Crippen molar-refractivity contribution < 1.29 is 4.79 Å². The summed E-state index contributed by atoms with van der Waals surface area (Å²) in [5.41, 5.74) is -0.217. The summed E-state index contributed by atoms with van der Waals surface area (Å²) in [4.78, 5) is 12.2. The molecule has 88 valence electrons. The van der Waals surface area contributed by atoms with Crippen molar-refractivity contribution in [1.82, 2.24) is 5.32 Å². The standard InChI is InChI=1S/C13H25NO/c1-13(2,3)12(15)11(14-4)10-8-6-5-7-9-10/h10-11,14H,5-9H2,1-4H3/t11-/m0/s1. The first kappa shape index (κ1) is 12.7. The van der Waals surface area contributed by atoms with E-state index >= 15 is 0 Å². The molecule has 15 heavy (non-hydrogen) atoms. The third kappa shape index (κ3) is 3.30. The van der Waals surface area contributed by atoms with Crippen LogP contribution in [0.15, 0.2) is 0 Å². The highest BCUT2D eigenvalue weighted by Gasteiger charge is 2.34. The van der Waals surface area contributed by atoms with Gasteiger partial charge in [0.05, 0.1) is 6.04 Å². The summed E-state index contributed by atoms with van der Waals surface area (Å²) in [5.74, 6) is 0.937. The third-order valence-electron chi connectivity index (χ3n) is 3.45. The molecule has 1 N–H and O–H groups in total. The van der Waals surface area contributed by atoms with E-state index in [2.05, 4.69) is 5.32 Å². The molecular weight excluding hydrogens is 186 g/mol. The number of Topliss-reactive ketones (excluding diaryl/α,β-unsaturated/α-hetero) is 1. The lowest BCUT2D eigenvalue weighted by Gasteiger charge is -2.33. The van der Waals surface area contributed by atoms with Crippen molar-refractivity contribution >= 4 is 5.78 Å². The van der Waals surface area contributed by atoms with Crippen LogP contribution in [0.2, 0.25) is 0 Å². The Balaban J connectivity index is 2.65. The second-order valence-corrected chi connectivity index (χ2v) is 5.78. The molecule has 0 spiro atoms. The van der Waals surface area contributed by atoms with Crippen molar-refractivity contribution in [2.75, 3.05) is 7.05 Å². The molecule has 1 saturated carbocycles. The first-order valence-electron chi connectivity index (χ1n) is 6.18. The summed E-state index contributed by atoms with van der Waals surface area (Å²) >= 11 is 0. The molecule has 0 bridgehead atoms. The summed E-state index contributed by atoms with van der Waals surface area (Å²) in [5, 5.41) is 3.23. The van der Waals surface area contributed by atoms with Crippen LogP contribution in [-0.2, 0) is 4.79 Å². The zero-order chi connectivity index (χ0) is 11.5. The molecule has 2 nitrogen and oxygen atoms in total. The summed E-state index contributed by atoms with van der Waals surface area (Å²) in [6, 6.07) is 0.0744. The zero-order valence-corrected chi connectivity index (χ0v) is 10.6. The maximum Gasteiger partial charge on any atom is 0.155 e. The smallest absolute Gasteiger partial charge is 0.155 e. The summed E-state index contributed by atoms with van der Waals surface area (Å²) in [6.07, 6.45) is 6.36. The molecule has 0 saturated heterocycles. The second-order valence-electron chi connectivity index (χ2n) is 5.78. The van der Waals surface area contributed by atoms with Gasteiger partial charge in [-0.25, -0.2) is 0 Å². The van der Waals surface area contributed by atoms with Crippen LogP contribution in [0.1, 0.15) is 52.9 Å². The number of likely N-dealkylation sites (N-methyl/N-ethyl adjacent to an activating group) is 1. The van der Waals surface area contributed by atoms with Gasteiger partial charge in [-0.05, 0) is 25.8 Å². The van der Waals surface area contributed by atoms with Crippen LogP contribution < -0.4 is 5.32 Å². The third-order valence-corrected chi connectivity index (χ3v) is 3.45. The topological polar surface area (TPSA) is 29.1 Å². The molecular formula is C13H25NO. The fraction of sp³-hybridized carbons (Fsp3) is 0.923. The molecule has 1 rings (SSSR count). The summed E-state index contributed by atoms with van der Waals surface area (Å²) in [6.45, 7) is 6.05. The molecule has 2 heteroatoms. The van der Waals surface area contributed by atoms with E-state index in [1.807, 2.05) is 27.8 Å². The van der Waals surface area contributed by atoms with Gasteiger partial charge in [0, 0.05) is 5.41 Å². The van der Waals surface area contributed by atoms with E-state index in [4.69, 9.17) is 0 Å². The molecule has 0 heterocycles. The van der Waals surface area contributed by atoms with Crippen LogP contribution in [0.4, 0.5) is 0 Å². The summed E-state index contributed by atoms with van der Waals surface area (Å²) in [7, 11) is 1.92. The van der Waals surface area contributed by atoms with Crippen LogP contribution in [0, 0.1) is 11.3 Å². The van der Waals surface area contributed by atoms with Crippen molar-refractivity contribution in [3.8, 4) is 0 Å². The van der Waals surface area contributed by atoms with Gasteiger partial charge in [0.15, 0.2) is 5.78 Å². The van der Waals surface area contributed by atoms with E-state index in [-0.39, 0.29) is 11.5 Å². The van der Waals surface area contributed by atoms with Crippen molar-refractivity contribution in [3.05, 3.63) is 0 Å². The van der Waals surface area contributed by atoms with Crippen molar-refractivity contribution in [2.24, 2.45) is 11.3 Å². The van der Waals surface area contributed by atoms with Gasteiger partial charge in [-0.15, -0.1) is 0 Å². The highest BCUT2D eigenvalue weighted by Crippen LogP contribution is 2.30. The SMILES string of the molecule is CN[C@H](C(=O)C(C)(C)C)C1CCCCC1. The number of rotatable bonds is 3. The Bertz CT molecular complexity index is 211. The lowest BCUT2D eigenvalue weighted by Crippen LogP contribution is -2.46. The average molecular weight is 211 g/mol. The van der Waals surface area contributed by atoms with E-state index in [9.17, 15) is 4.79 Å². The molecule has 0 unspecified atom stereocenters. The molecule has 0 aromatic rings. The van der Waals surface area contributed by atoms with Crippen molar-refractivity contribution in [2.45, 2.75) is 58.9 Å². The van der Waals surface area contributed by atoms with Gasteiger partial charge < -0.3 is 5.32 Å². The monoisotopic (exact) mass is 211 g/mol. The maximum absolute atomic E-state index is 12.2. The number of carbonyl (C=O) groups excluding carboxylic acids is 1. The normalized spacial score (nSPS) is 21.3. The Morgan fingerprint density at radius 1 is 1.20 bits per heavy atom. The van der Waals surface area contributed by atoms with Crippen LogP contribution in [0.3, 0.4) is 0 Å². The van der Waals surface area contributed by atoms with Gasteiger partial charge in [0.25, 0.3) is 0 Å².